The number of aliphatic hydroxyl groups excluding tert-OH is 1. The monoisotopic (exact) mass is 757 g/mol. The lowest BCUT2D eigenvalue weighted by molar-refractivity contribution is -0.152. The number of unbranched alkanes of at least 4 members (excludes halogenated alkanes) is 26. The predicted molar refractivity (Wildman–Crippen MR) is 233 cm³/mol. The summed E-state index contributed by atoms with van der Waals surface area (Å²) in [5, 5.41) is 10.1. The number of rotatable bonds is 42. The van der Waals surface area contributed by atoms with Crippen molar-refractivity contribution in [3.8, 4) is 0 Å². The Morgan fingerprint density at radius 3 is 1.00 bits per heavy atom. The van der Waals surface area contributed by atoms with Crippen LogP contribution in [0.4, 0.5) is 0 Å². The molecule has 0 aromatic heterocycles. The van der Waals surface area contributed by atoms with E-state index >= 15 is 0 Å². The zero-order valence-corrected chi connectivity index (χ0v) is 35.7. The first-order valence-electron chi connectivity index (χ1n) is 23.2. The molecule has 0 aromatic carbocycles. The highest BCUT2D eigenvalue weighted by Gasteiger charge is 2.12. The molecule has 0 radical (unpaired) electrons. The second-order valence-electron chi connectivity index (χ2n) is 15.5. The van der Waals surface area contributed by atoms with Gasteiger partial charge in [0.2, 0.25) is 0 Å². The normalized spacial score (nSPS) is 12.6. The zero-order valence-electron chi connectivity index (χ0n) is 35.7. The number of ether oxygens (including phenoxy) is 2. The zero-order chi connectivity index (χ0) is 39.3. The quantitative estimate of drug-likeness (QED) is 0.0381. The van der Waals surface area contributed by atoms with Gasteiger partial charge in [0, 0.05) is 12.8 Å². The number of hydrogen-bond donors (Lipinski definition) is 1. The minimum atomic E-state index is -0.977. The molecule has 0 aliphatic carbocycles. The van der Waals surface area contributed by atoms with Crippen LogP contribution in [-0.4, -0.2) is 36.4 Å². The molecule has 0 fully saturated rings. The van der Waals surface area contributed by atoms with Crippen molar-refractivity contribution >= 4 is 11.9 Å². The van der Waals surface area contributed by atoms with Gasteiger partial charge in [-0.3, -0.25) is 9.59 Å². The van der Waals surface area contributed by atoms with Crippen molar-refractivity contribution in [1.82, 2.24) is 0 Å². The Balaban J connectivity index is 3.45. The van der Waals surface area contributed by atoms with Gasteiger partial charge in [-0.25, -0.2) is 0 Å². The average molecular weight is 757 g/mol. The van der Waals surface area contributed by atoms with E-state index in [2.05, 4.69) is 62.5 Å². The summed E-state index contributed by atoms with van der Waals surface area (Å²) in [5.41, 5.74) is 0. The number of aliphatic hydroxyl groups is 1. The van der Waals surface area contributed by atoms with Crippen molar-refractivity contribution in [2.24, 2.45) is 0 Å². The van der Waals surface area contributed by atoms with Crippen LogP contribution in [0, 0.1) is 0 Å². The van der Waals surface area contributed by atoms with Crippen molar-refractivity contribution in [2.45, 2.75) is 238 Å². The SMILES string of the molecule is CCCCC/C=C\C/C=C\C/C=C\C/C=C\CCCCCC(=O)OC[C@H](O)COC(=O)CCCCCCCCCCCCCCCCCCCCCCC. The largest absolute Gasteiger partial charge is 0.463 e. The molecule has 0 aromatic rings. The van der Waals surface area contributed by atoms with Crippen LogP contribution >= 0.6 is 0 Å². The van der Waals surface area contributed by atoms with Crippen LogP contribution in [0.15, 0.2) is 48.6 Å². The predicted octanol–water partition coefficient (Wildman–Crippen LogP) is 15.0. The van der Waals surface area contributed by atoms with Crippen LogP contribution in [0.2, 0.25) is 0 Å². The van der Waals surface area contributed by atoms with Crippen molar-refractivity contribution < 1.29 is 24.2 Å². The van der Waals surface area contributed by atoms with Gasteiger partial charge >= 0.3 is 11.9 Å². The lowest BCUT2D eigenvalue weighted by Crippen LogP contribution is -2.25. The first kappa shape index (κ1) is 51.9. The summed E-state index contributed by atoms with van der Waals surface area (Å²) in [5.74, 6) is -0.593. The van der Waals surface area contributed by atoms with E-state index in [-0.39, 0.29) is 25.2 Å². The average Bonchev–Trinajstić information content (AvgIpc) is 3.17. The highest BCUT2D eigenvalue weighted by Crippen LogP contribution is 2.15. The Morgan fingerprint density at radius 2 is 0.648 bits per heavy atom. The Hall–Kier alpha value is -2.14. The molecule has 0 aliphatic rings. The molecule has 54 heavy (non-hydrogen) atoms. The third-order valence-corrected chi connectivity index (χ3v) is 10.1. The second kappa shape index (κ2) is 45.3. The number of allylic oxidation sites excluding steroid dienone is 8. The molecule has 0 unspecified atom stereocenters. The Labute approximate surface area is 335 Å². The van der Waals surface area contributed by atoms with Gasteiger partial charge in [0.15, 0.2) is 0 Å². The minimum absolute atomic E-state index is 0.125. The molecule has 0 rings (SSSR count). The van der Waals surface area contributed by atoms with Crippen molar-refractivity contribution in [3.05, 3.63) is 48.6 Å². The third-order valence-electron chi connectivity index (χ3n) is 10.1. The van der Waals surface area contributed by atoms with Crippen LogP contribution < -0.4 is 0 Å². The van der Waals surface area contributed by atoms with E-state index in [0.29, 0.717) is 12.8 Å². The molecule has 5 heteroatoms. The first-order valence-corrected chi connectivity index (χ1v) is 23.2. The van der Waals surface area contributed by atoms with Crippen LogP contribution in [-0.2, 0) is 19.1 Å². The molecule has 1 N–H and O–H groups in total. The third kappa shape index (κ3) is 44.3. The van der Waals surface area contributed by atoms with Gasteiger partial charge < -0.3 is 14.6 Å². The molecular weight excluding hydrogens is 669 g/mol. The molecule has 0 saturated heterocycles. The number of hydrogen-bond acceptors (Lipinski definition) is 5. The van der Waals surface area contributed by atoms with E-state index in [9.17, 15) is 14.7 Å². The summed E-state index contributed by atoms with van der Waals surface area (Å²) in [6, 6.07) is 0. The highest BCUT2D eigenvalue weighted by molar-refractivity contribution is 5.69. The van der Waals surface area contributed by atoms with Gasteiger partial charge in [-0.15, -0.1) is 0 Å². The Morgan fingerprint density at radius 1 is 0.389 bits per heavy atom. The summed E-state index contributed by atoms with van der Waals surface area (Å²) in [4.78, 5) is 24.0. The maximum absolute atomic E-state index is 12.0. The van der Waals surface area contributed by atoms with E-state index in [1.807, 2.05) is 0 Å². The van der Waals surface area contributed by atoms with E-state index in [0.717, 1.165) is 64.2 Å². The number of carbonyl (C=O) groups is 2. The molecule has 5 nitrogen and oxygen atoms in total. The first-order chi connectivity index (χ1) is 26.6. The van der Waals surface area contributed by atoms with E-state index in [1.165, 1.54) is 141 Å². The van der Waals surface area contributed by atoms with Gasteiger partial charge in [0.1, 0.15) is 19.3 Å². The summed E-state index contributed by atoms with van der Waals surface area (Å²) < 4.78 is 10.4. The van der Waals surface area contributed by atoms with Crippen LogP contribution in [0.1, 0.15) is 232 Å². The second-order valence-corrected chi connectivity index (χ2v) is 15.5. The summed E-state index contributed by atoms with van der Waals surface area (Å²) in [6.07, 6.45) is 57.5. The maximum Gasteiger partial charge on any atom is 0.305 e. The lowest BCUT2D eigenvalue weighted by Gasteiger charge is -2.12. The fraction of sp³-hybridized carbons (Fsp3) is 0.796. The topological polar surface area (TPSA) is 72.8 Å². The number of esters is 2. The van der Waals surface area contributed by atoms with Gasteiger partial charge in [-0.05, 0) is 57.8 Å². The molecule has 0 aliphatic heterocycles. The van der Waals surface area contributed by atoms with Crippen molar-refractivity contribution in [3.63, 3.8) is 0 Å². The highest BCUT2D eigenvalue weighted by atomic mass is 16.6. The van der Waals surface area contributed by atoms with E-state index in [4.69, 9.17) is 9.47 Å². The fourth-order valence-electron chi connectivity index (χ4n) is 6.54. The van der Waals surface area contributed by atoms with Gasteiger partial charge in [0.25, 0.3) is 0 Å². The molecule has 0 spiro atoms. The molecule has 314 valence electrons. The lowest BCUT2D eigenvalue weighted by atomic mass is 10.0. The van der Waals surface area contributed by atoms with E-state index < -0.39 is 6.10 Å². The summed E-state index contributed by atoms with van der Waals surface area (Å²) in [7, 11) is 0. The smallest absolute Gasteiger partial charge is 0.305 e. The molecular formula is C49H88O5. The Kier molecular flexibility index (Phi) is 43.5. The van der Waals surface area contributed by atoms with Gasteiger partial charge in [0.05, 0.1) is 0 Å². The van der Waals surface area contributed by atoms with Crippen molar-refractivity contribution in [2.75, 3.05) is 13.2 Å². The van der Waals surface area contributed by atoms with Crippen LogP contribution in [0.25, 0.3) is 0 Å². The number of carbonyl (C=O) groups excluding carboxylic acids is 2. The van der Waals surface area contributed by atoms with Crippen LogP contribution in [0.3, 0.4) is 0 Å². The molecule has 1 atom stereocenters. The molecule has 0 heterocycles. The molecule has 0 amide bonds. The van der Waals surface area contributed by atoms with Crippen LogP contribution in [0.5, 0.6) is 0 Å². The summed E-state index contributed by atoms with van der Waals surface area (Å²) in [6.45, 7) is 4.27. The minimum Gasteiger partial charge on any atom is -0.463 e. The van der Waals surface area contributed by atoms with E-state index in [1.54, 1.807) is 0 Å². The maximum atomic E-state index is 12.0. The fourth-order valence-corrected chi connectivity index (χ4v) is 6.54. The van der Waals surface area contributed by atoms with Gasteiger partial charge in [-0.1, -0.05) is 210 Å². The van der Waals surface area contributed by atoms with Crippen molar-refractivity contribution in [1.29, 1.82) is 0 Å². The van der Waals surface area contributed by atoms with Gasteiger partial charge in [-0.2, -0.15) is 0 Å². The molecule has 0 saturated carbocycles. The Bertz CT molecular complexity index is 904. The standard InChI is InChI=1S/C49H88O5/c1-3-5-7-9-11-13-15-17-19-21-23-24-26-28-30-32-34-36-38-40-42-44-49(52)54-46-47(50)45-53-48(51)43-41-39-37-35-33-31-29-27-25-22-20-18-16-14-12-10-8-6-4-2/h12,14,18,20,25,27,31,33,47,50H,3-11,13,15-17,19,21-24,26,28-30,32,34-46H2,1-2H3/b14-12-,20-18-,27-25-,33-31-/t47-/m0/s1. The molecule has 0 bridgehead atoms. The summed E-state index contributed by atoms with van der Waals surface area (Å²) >= 11 is 0.